The van der Waals surface area contributed by atoms with Crippen LogP contribution in [-0.2, 0) is 9.59 Å². The summed E-state index contributed by atoms with van der Waals surface area (Å²) in [5.41, 5.74) is 1.48. The van der Waals surface area contributed by atoms with Gasteiger partial charge in [-0.05, 0) is 44.5 Å². The molecule has 1 aromatic carbocycles. The van der Waals surface area contributed by atoms with Crippen LogP contribution in [0.2, 0.25) is 0 Å². The number of carbonyl (C=O) groups is 4. The van der Waals surface area contributed by atoms with Crippen LogP contribution in [0.25, 0.3) is 0 Å². The summed E-state index contributed by atoms with van der Waals surface area (Å²) in [6.45, 7) is 5.55. The summed E-state index contributed by atoms with van der Waals surface area (Å²) in [5.74, 6) is -1.84. The number of nitrogens with zero attached hydrogens (tertiary/aromatic N) is 3. The van der Waals surface area contributed by atoms with Crippen molar-refractivity contribution in [2.75, 3.05) is 44.2 Å². The van der Waals surface area contributed by atoms with Crippen LogP contribution >= 0.6 is 0 Å². The molecule has 2 N–H and O–H groups in total. The summed E-state index contributed by atoms with van der Waals surface area (Å²) in [7, 11) is 0. The van der Waals surface area contributed by atoms with Crippen LogP contribution in [0.3, 0.4) is 0 Å². The standard InChI is InChI=1S/C22H27N5O4/c28-18-5-4-17(20(29)24-18)27-21(30)15-2-1-3-16(19(15)22(27)31)26-12-10-25(11-13-26)14-6-8-23-9-7-14/h1-3,14,17,23H,4-13H2,(H,24,28,29). The molecule has 4 aliphatic rings. The molecular formula is C22H27N5O4. The average molecular weight is 425 g/mol. The summed E-state index contributed by atoms with van der Waals surface area (Å²) in [6, 6.07) is 5.01. The number of fused-ring (bicyclic) bond motifs is 1. The first-order valence-corrected chi connectivity index (χ1v) is 11.1. The zero-order valence-electron chi connectivity index (χ0n) is 17.4. The minimum Gasteiger partial charge on any atom is -0.368 e. The van der Waals surface area contributed by atoms with Gasteiger partial charge in [-0.25, -0.2) is 0 Å². The minimum absolute atomic E-state index is 0.120. The molecule has 0 aromatic heterocycles. The number of hydrogen-bond donors (Lipinski definition) is 2. The molecule has 0 radical (unpaired) electrons. The second-order valence-corrected chi connectivity index (χ2v) is 8.65. The van der Waals surface area contributed by atoms with Gasteiger partial charge in [-0.15, -0.1) is 0 Å². The number of benzene rings is 1. The maximum Gasteiger partial charge on any atom is 0.264 e. The zero-order valence-corrected chi connectivity index (χ0v) is 17.4. The van der Waals surface area contributed by atoms with Gasteiger partial charge in [-0.1, -0.05) is 6.07 Å². The Morgan fingerprint density at radius 2 is 1.61 bits per heavy atom. The lowest BCUT2D eigenvalue weighted by Crippen LogP contribution is -2.54. The molecule has 31 heavy (non-hydrogen) atoms. The van der Waals surface area contributed by atoms with Crippen molar-refractivity contribution >= 4 is 29.3 Å². The number of hydrogen-bond acceptors (Lipinski definition) is 7. The van der Waals surface area contributed by atoms with Crippen molar-refractivity contribution in [1.29, 1.82) is 0 Å². The number of anilines is 1. The molecule has 0 bridgehead atoms. The Labute approximate surface area is 180 Å². The third-order valence-corrected chi connectivity index (χ3v) is 6.93. The van der Waals surface area contributed by atoms with Gasteiger partial charge in [-0.2, -0.15) is 0 Å². The van der Waals surface area contributed by atoms with E-state index in [1.54, 1.807) is 12.1 Å². The maximum atomic E-state index is 13.3. The monoisotopic (exact) mass is 425 g/mol. The molecule has 0 spiro atoms. The second-order valence-electron chi connectivity index (χ2n) is 8.65. The van der Waals surface area contributed by atoms with Gasteiger partial charge in [0, 0.05) is 38.6 Å². The summed E-state index contributed by atoms with van der Waals surface area (Å²) >= 11 is 0. The quantitative estimate of drug-likeness (QED) is 0.656. The van der Waals surface area contributed by atoms with Gasteiger partial charge in [0.05, 0.1) is 16.8 Å². The number of carbonyl (C=O) groups excluding carboxylic acids is 4. The molecular weight excluding hydrogens is 398 g/mol. The van der Waals surface area contributed by atoms with E-state index in [-0.39, 0.29) is 18.7 Å². The Kier molecular flexibility index (Phi) is 5.23. The van der Waals surface area contributed by atoms with Gasteiger partial charge >= 0.3 is 0 Å². The van der Waals surface area contributed by atoms with E-state index in [0.717, 1.165) is 62.7 Å². The molecule has 1 aromatic rings. The fourth-order valence-electron chi connectivity index (χ4n) is 5.26. The van der Waals surface area contributed by atoms with Crippen molar-refractivity contribution < 1.29 is 19.2 Å². The van der Waals surface area contributed by atoms with E-state index in [0.29, 0.717) is 17.2 Å². The Morgan fingerprint density at radius 1 is 0.871 bits per heavy atom. The van der Waals surface area contributed by atoms with E-state index < -0.39 is 23.8 Å². The molecule has 4 amide bonds. The molecule has 0 saturated carbocycles. The Morgan fingerprint density at radius 3 is 2.32 bits per heavy atom. The number of amides is 4. The lowest BCUT2D eigenvalue weighted by atomic mass is 10.0. The van der Waals surface area contributed by atoms with Crippen LogP contribution in [0.4, 0.5) is 5.69 Å². The fraction of sp³-hybridized carbons (Fsp3) is 0.545. The number of piperidine rings is 2. The van der Waals surface area contributed by atoms with E-state index in [4.69, 9.17) is 0 Å². The van der Waals surface area contributed by atoms with Crippen molar-refractivity contribution in [3.8, 4) is 0 Å². The molecule has 9 heteroatoms. The van der Waals surface area contributed by atoms with Crippen LogP contribution in [0.5, 0.6) is 0 Å². The number of rotatable bonds is 3. The highest BCUT2D eigenvalue weighted by atomic mass is 16.2. The van der Waals surface area contributed by atoms with E-state index >= 15 is 0 Å². The third kappa shape index (κ3) is 3.51. The normalized spacial score (nSPS) is 25.7. The van der Waals surface area contributed by atoms with E-state index in [9.17, 15) is 19.2 Å². The van der Waals surface area contributed by atoms with E-state index in [1.165, 1.54) is 0 Å². The zero-order chi connectivity index (χ0) is 21.5. The smallest absolute Gasteiger partial charge is 0.264 e. The first kappa shape index (κ1) is 20.1. The minimum atomic E-state index is -0.935. The van der Waals surface area contributed by atoms with Crippen molar-refractivity contribution in [2.24, 2.45) is 0 Å². The van der Waals surface area contributed by atoms with E-state index in [1.807, 2.05) is 6.07 Å². The molecule has 4 heterocycles. The van der Waals surface area contributed by atoms with Gasteiger partial charge in [0.2, 0.25) is 11.8 Å². The summed E-state index contributed by atoms with van der Waals surface area (Å²) in [4.78, 5) is 55.9. The average Bonchev–Trinajstić information content (AvgIpc) is 3.05. The largest absolute Gasteiger partial charge is 0.368 e. The van der Waals surface area contributed by atoms with Crippen molar-refractivity contribution in [1.82, 2.24) is 20.4 Å². The molecule has 1 atom stereocenters. The molecule has 3 saturated heterocycles. The number of imide groups is 2. The molecule has 3 fully saturated rings. The number of piperazine rings is 1. The van der Waals surface area contributed by atoms with Gasteiger partial charge < -0.3 is 10.2 Å². The van der Waals surface area contributed by atoms with Gasteiger partial charge in [0.1, 0.15) is 6.04 Å². The second kappa shape index (κ2) is 8.05. The Balaban J connectivity index is 1.35. The fourth-order valence-corrected chi connectivity index (χ4v) is 5.26. The van der Waals surface area contributed by atoms with Crippen LogP contribution in [0.1, 0.15) is 46.4 Å². The first-order chi connectivity index (χ1) is 15.0. The third-order valence-electron chi connectivity index (χ3n) is 6.93. The maximum absolute atomic E-state index is 13.3. The van der Waals surface area contributed by atoms with Crippen LogP contribution in [-0.4, -0.2) is 84.8 Å². The highest BCUT2D eigenvalue weighted by Crippen LogP contribution is 2.34. The van der Waals surface area contributed by atoms with Crippen molar-refractivity contribution in [2.45, 2.75) is 37.8 Å². The van der Waals surface area contributed by atoms with Crippen LogP contribution in [0, 0.1) is 0 Å². The molecule has 0 aliphatic carbocycles. The Hall–Kier alpha value is -2.78. The van der Waals surface area contributed by atoms with Crippen molar-refractivity contribution in [3.05, 3.63) is 29.3 Å². The summed E-state index contributed by atoms with van der Waals surface area (Å²) in [5, 5.41) is 5.65. The molecule has 5 rings (SSSR count). The van der Waals surface area contributed by atoms with Crippen molar-refractivity contribution in [3.63, 3.8) is 0 Å². The van der Waals surface area contributed by atoms with E-state index in [2.05, 4.69) is 20.4 Å². The van der Waals surface area contributed by atoms with Gasteiger partial charge in [0.15, 0.2) is 0 Å². The highest BCUT2D eigenvalue weighted by Gasteiger charge is 2.46. The predicted octanol–water partition coefficient (Wildman–Crippen LogP) is -0.0382. The number of nitrogens with one attached hydrogen (secondary N) is 2. The van der Waals surface area contributed by atoms with Gasteiger partial charge in [-0.3, -0.25) is 34.3 Å². The first-order valence-electron chi connectivity index (χ1n) is 11.1. The molecule has 4 aliphatic heterocycles. The lowest BCUT2D eigenvalue weighted by molar-refractivity contribution is -0.136. The predicted molar refractivity (Wildman–Crippen MR) is 113 cm³/mol. The Bertz CT molecular complexity index is 934. The molecule has 1 unspecified atom stereocenters. The molecule has 164 valence electrons. The van der Waals surface area contributed by atoms with Crippen LogP contribution in [0.15, 0.2) is 18.2 Å². The summed E-state index contributed by atoms with van der Waals surface area (Å²) in [6.07, 6.45) is 2.61. The van der Waals surface area contributed by atoms with Gasteiger partial charge in [0.25, 0.3) is 11.8 Å². The van der Waals surface area contributed by atoms with Crippen LogP contribution < -0.4 is 15.5 Å². The SMILES string of the molecule is O=C1CCC(N2C(=O)c3cccc(N4CCN(C5CCNCC5)CC4)c3C2=O)C(=O)N1. The molecule has 9 nitrogen and oxygen atoms in total. The highest BCUT2D eigenvalue weighted by molar-refractivity contribution is 6.25. The lowest BCUT2D eigenvalue weighted by Gasteiger charge is -2.42. The summed E-state index contributed by atoms with van der Waals surface area (Å²) < 4.78 is 0. The topological polar surface area (TPSA) is 102 Å².